The Labute approximate surface area is 329 Å². The van der Waals surface area contributed by atoms with Crippen LogP contribution in [0.25, 0.3) is 0 Å². The van der Waals surface area contributed by atoms with Crippen molar-refractivity contribution in [3.63, 3.8) is 0 Å². The summed E-state index contributed by atoms with van der Waals surface area (Å²) in [6.07, 6.45) is -4.42. The summed E-state index contributed by atoms with van der Waals surface area (Å²) in [5, 5.41) is 53.6. The molecule has 9 unspecified atom stereocenters. The standard InChI is InChI=1S/C42H62O14/c1-20-15-26-8-11-30-21(2)16-25(50-30)7-5-24(44)6-10-28(45)41-37(48)38(49)42-32(55-41)12-9-27(52-42)17-36(47)56-40-23(4)39-34(18-29(46)31(54-39)13-14-43)53-35(40)19-33(51-26)22(20)3/h6,10,20,23,25-35,37-43,45-46,48-49H,2-3,5,7-9,11-19H2,1,4H3/b10-6+/t20?,23-,25?,26-,27+,28?,29?,30-,31?,32?,33+,34?,35-,37-,38?,39-,40?,41-,42-/m0/s1. The Kier molecular flexibility index (Phi) is 13.6. The van der Waals surface area contributed by atoms with Crippen molar-refractivity contribution >= 4 is 11.8 Å². The first-order chi connectivity index (χ1) is 26.8. The molecule has 5 N–H and O–H groups in total. The van der Waals surface area contributed by atoms with Crippen LogP contribution >= 0.6 is 0 Å². The highest BCUT2D eigenvalue weighted by Crippen LogP contribution is 2.42. The Balaban J connectivity index is 1.12. The maximum absolute atomic E-state index is 13.8. The molecule has 0 aliphatic carbocycles. The highest BCUT2D eigenvalue weighted by atomic mass is 16.6. The van der Waals surface area contributed by atoms with Crippen molar-refractivity contribution in [3.05, 3.63) is 36.5 Å². The Morgan fingerprint density at radius 3 is 2.20 bits per heavy atom. The molecule has 19 atom stereocenters. The minimum Gasteiger partial charge on any atom is -0.459 e. The molecule has 9 aliphatic rings. The third kappa shape index (κ3) is 9.21. The predicted molar refractivity (Wildman–Crippen MR) is 199 cm³/mol. The highest BCUT2D eigenvalue weighted by molar-refractivity contribution is 5.89. The van der Waals surface area contributed by atoms with Crippen LogP contribution in [0.4, 0.5) is 0 Å². The molecule has 6 saturated heterocycles. The molecule has 14 heteroatoms. The molecule has 9 heterocycles. The van der Waals surface area contributed by atoms with Gasteiger partial charge < -0.3 is 58.7 Å². The van der Waals surface area contributed by atoms with Gasteiger partial charge >= 0.3 is 5.97 Å². The number of aliphatic hydroxyl groups is 5. The molecular weight excluding hydrogens is 728 g/mol. The van der Waals surface area contributed by atoms with Gasteiger partial charge in [-0.1, -0.05) is 27.0 Å². The Morgan fingerprint density at radius 2 is 1.41 bits per heavy atom. The molecule has 0 spiro atoms. The molecule has 14 nitrogen and oxygen atoms in total. The fourth-order valence-electron chi connectivity index (χ4n) is 10.0. The van der Waals surface area contributed by atoms with Crippen LogP contribution in [0.5, 0.6) is 0 Å². The average Bonchev–Trinajstić information content (AvgIpc) is 3.53. The second-order valence-electron chi connectivity index (χ2n) is 17.3. The SMILES string of the molecule is C=C1CC2CCC(=O)/C=C/C(O)[C@@H]3OC4CC[C@H](CC(=O)OC5[C@H](C[C@H]6O[C@@H](CC[C@@H]1O2)CC(C)C6=C)OC1CC(O)C(CCO)O[C@H]1[C@@H]5C)O[C@@H]4C(O)[C@@H]3O. The molecule has 0 aromatic carbocycles. The second-order valence-corrected chi connectivity index (χ2v) is 17.3. The normalized spacial score (nSPS) is 48.9. The zero-order valence-electron chi connectivity index (χ0n) is 32.6. The number of carbonyl (C=O) groups excluding carboxylic acids is 2. The number of carbonyl (C=O) groups is 2. The summed E-state index contributed by atoms with van der Waals surface area (Å²) in [7, 11) is 0. The van der Waals surface area contributed by atoms with E-state index in [0.717, 1.165) is 24.0 Å². The Bertz CT molecular complexity index is 1450. The summed E-state index contributed by atoms with van der Waals surface area (Å²) in [6.45, 7) is 12.6. The molecule has 9 aliphatic heterocycles. The lowest BCUT2D eigenvalue weighted by Crippen LogP contribution is -2.63. The minimum atomic E-state index is -1.51. The molecule has 314 valence electrons. The van der Waals surface area contributed by atoms with Gasteiger partial charge in [-0.15, -0.1) is 0 Å². The third-order valence-electron chi connectivity index (χ3n) is 13.3. The number of hydrogen-bond acceptors (Lipinski definition) is 14. The van der Waals surface area contributed by atoms with Crippen molar-refractivity contribution in [2.24, 2.45) is 11.8 Å². The second kappa shape index (κ2) is 18.0. The maximum atomic E-state index is 13.8. The van der Waals surface area contributed by atoms with Gasteiger partial charge in [-0.2, -0.15) is 0 Å². The fourth-order valence-corrected chi connectivity index (χ4v) is 10.0. The monoisotopic (exact) mass is 790 g/mol. The molecular formula is C42H62O14. The van der Waals surface area contributed by atoms with Gasteiger partial charge in [-0.3, -0.25) is 9.59 Å². The van der Waals surface area contributed by atoms with Gasteiger partial charge in [0, 0.05) is 31.8 Å². The van der Waals surface area contributed by atoms with Crippen molar-refractivity contribution in [1.29, 1.82) is 0 Å². The van der Waals surface area contributed by atoms with Gasteiger partial charge in [-0.25, -0.2) is 0 Å². The van der Waals surface area contributed by atoms with Crippen molar-refractivity contribution in [1.82, 2.24) is 0 Å². The van der Waals surface area contributed by atoms with Crippen LogP contribution in [-0.4, -0.2) is 148 Å². The number of allylic oxidation sites excluding steroid dienone is 1. The molecule has 0 aromatic rings. The largest absolute Gasteiger partial charge is 0.459 e. The van der Waals surface area contributed by atoms with E-state index in [4.69, 9.17) is 33.2 Å². The molecule has 0 amide bonds. The first kappa shape index (κ1) is 42.1. The molecule has 0 aromatic heterocycles. The Morgan fingerprint density at radius 1 is 0.696 bits per heavy atom. The summed E-state index contributed by atoms with van der Waals surface area (Å²) in [5.41, 5.74) is 1.92. The van der Waals surface area contributed by atoms with E-state index in [0.29, 0.717) is 44.9 Å². The van der Waals surface area contributed by atoms with Crippen LogP contribution in [0.2, 0.25) is 0 Å². The summed E-state index contributed by atoms with van der Waals surface area (Å²) in [4.78, 5) is 26.6. The van der Waals surface area contributed by atoms with E-state index >= 15 is 0 Å². The van der Waals surface area contributed by atoms with Gasteiger partial charge in [0.1, 0.15) is 36.6 Å². The molecule has 0 radical (unpaired) electrons. The van der Waals surface area contributed by atoms with E-state index in [1.165, 1.54) is 12.2 Å². The van der Waals surface area contributed by atoms with E-state index in [-0.39, 0.29) is 67.9 Å². The fraction of sp³-hybridized carbons (Fsp3) is 0.810. The summed E-state index contributed by atoms with van der Waals surface area (Å²) in [5.74, 6) is -0.899. The minimum absolute atomic E-state index is 0.0815. The van der Waals surface area contributed by atoms with Crippen LogP contribution < -0.4 is 0 Å². The van der Waals surface area contributed by atoms with Crippen LogP contribution in [0.1, 0.15) is 90.9 Å². The van der Waals surface area contributed by atoms with Crippen molar-refractivity contribution in [2.45, 2.75) is 195 Å². The summed E-state index contributed by atoms with van der Waals surface area (Å²) >= 11 is 0. The van der Waals surface area contributed by atoms with Gasteiger partial charge in [0.05, 0.1) is 73.6 Å². The smallest absolute Gasteiger partial charge is 0.308 e. The first-order valence-electron chi connectivity index (χ1n) is 20.8. The highest BCUT2D eigenvalue weighted by Gasteiger charge is 2.53. The molecule has 0 saturated carbocycles. The van der Waals surface area contributed by atoms with Crippen LogP contribution in [0, 0.1) is 11.8 Å². The molecule has 9 rings (SSSR count). The van der Waals surface area contributed by atoms with Gasteiger partial charge in [0.2, 0.25) is 0 Å². The average molecular weight is 791 g/mol. The zero-order valence-corrected chi connectivity index (χ0v) is 32.6. The zero-order chi connectivity index (χ0) is 39.8. The van der Waals surface area contributed by atoms with E-state index in [9.17, 15) is 35.1 Å². The number of ether oxygens (including phenoxy) is 7. The van der Waals surface area contributed by atoms with Crippen LogP contribution in [0.3, 0.4) is 0 Å². The van der Waals surface area contributed by atoms with E-state index in [1.54, 1.807) is 0 Å². The lowest BCUT2D eigenvalue weighted by molar-refractivity contribution is -0.278. The third-order valence-corrected chi connectivity index (χ3v) is 13.3. The topological polar surface area (TPSA) is 200 Å². The molecule has 8 bridgehead atoms. The number of esters is 1. The predicted octanol–water partition coefficient (Wildman–Crippen LogP) is 2.14. The first-order valence-corrected chi connectivity index (χ1v) is 20.8. The maximum Gasteiger partial charge on any atom is 0.308 e. The summed E-state index contributed by atoms with van der Waals surface area (Å²) in [6, 6.07) is 0. The van der Waals surface area contributed by atoms with Crippen molar-refractivity contribution < 1.29 is 68.3 Å². The molecule has 56 heavy (non-hydrogen) atoms. The number of rotatable bonds is 2. The molecule has 6 fully saturated rings. The lowest BCUT2D eigenvalue weighted by Gasteiger charge is -2.51. The summed E-state index contributed by atoms with van der Waals surface area (Å²) < 4.78 is 44.6. The van der Waals surface area contributed by atoms with Crippen LogP contribution in [-0.2, 0) is 42.7 Å². The number of fused-ring (bicyclic) bond motifs is 3. The van der Waals surface area contributed by atoms with Gasteiger partial charge in [0.25, 0.3) is 0 Å². The van der Waals surface area contributed by atoms with Crippen molar-refractivity contribution in [2.75, 3.05) is 6.61 Å². The number of hydrogen-bond donors (Lipinski definition) is 5. The number of ketones is 1. The van der Waals surface area contributed by atoms with E-state index in [2.05, 4.69) is 20.1 Å². The van der Waals surface area contributed by atoms with Crippen LogP contribution in [0.15, 0.2) is 36.5 Å². The number of aliphatic hydroxyl groups excluding tert-OH is 5. The van der Waals surface area contributed by atoms with Gasteiger partial charge in [-0.05, 0) is 80.6 Å². The Hall–Kier alpha value is -2.08. The van der Waals surface area contributed by atoms with E-state index in [1.807, 2.05) is 6.92 Å². The quantitative estimate of drug-likeness (QED) is 0.201. The lowest BCUT2D eigenvalue weighted by atomic mass is 9.79. The van der Waals surface area contributed by atoms with Gasteiger partial charge in [0.15, 0.2) is 5.78 Å². The van der Waals surface area contributed by atoms with Crippen molar-refractivity contribution in [3.8, 4) is 0 Å². The van der Waals surface area contributed by atoms with E-state index < -0.39 is 85.3 Å².